The molecule has 0 unspecified atom stereocenters. The second-order valence-corrected chi connectivity index (χ2v) is 4.67. The Morgan fingerprint density at radius 3 is 2.83 bits per heavy atom. The normalized spacial score (nSPS) is 14.3. The second-order valence-electron chi connectivity index (χ2n) is 4.67. The number of hydrogen-bond donors (Lipinski definition) is 2. The number of benzene rings is 1. The van der Waals surface area contributed by atoms with E-state index in [9.17, 15) is 4.79 Å². The quantitative estimate of drug-likeness (QED) is 0.750. The molecule has 2 N–H and O–H groups in total. The fourth-order valence-corrected chi connectivity index (χ4v) is 1.80. The van der Waals surface area contributed by atoms with E-state index in [1.54, 1.807) is 13.2 Å². The van der Waals surface area contributed by atoms with Crippen LogP contribution in [0.15, 0.2) is 18.2 Å². The minimum atomic E-state index is -0.0501. The highest BCUT2D eigenvalue weighted by Crippen LogP contribution is 2.19. The molecule has 4 nitrogen and oxygen atoms in total. The van der Waals surface area contributed by atoms with Crippen LogP contribution in [0.2, 0.25) is 0 Å². The lowest BCUT2D eigenvalue weighted by atomic mass is 10.1. The Morgan fingerprint density at radius 2 is 2.17 bits per heavy atom. The fourth-order valence-electron chi connectivity index (χ4n) is 1.80. The Bertz CT molecular complexity index is 428. The van der Waals surface area contributed by atoms with Gasteiger partial charge in [-0.15, -0.1) is 0 Å². The average molecular weight is 248 g/mol. The highest BCUT2D eigenvalue weighted by molar-refractivity contribution is 5.94. The van der Waals surface area contributed by atoms with Crippen molar-refractivity contribution >= 4 is 5.91 Å². The van der Waals surface area contributed by atoms with Gasteiger partial charge < -0.3 is 15.4 Å². The Labute approximate surface area is 108 Å². The molecule has 1 aliphatic rings. The summed E-state index contributed by atoms with van der Waals surface area (Å²) < 4.78 is 5.21. The van der Waals surface area contributed by atoms with Gasteiger partial charge in [0, 0.05) is 24.7 Å². The maximum Gasteiger partial charge on any atom is 0.251 e. The molecular formula is C14H20N2O2. The van der Waals surface area contributed by atoms with Crippen molar-refractivity contribution in [2.45, 2.75) is 25.8 Å². The van der Waals surface area contributed by atoms with Gasteiger partial charge in [-0.3, -0.25) is 4.79 Å². The third-order valence-corrected chi connectivity index (χ3v) is 3.09. The van der Waals surface area contributed by atoms with Crippen LogP contribution in [0.4, 0.5) is 0 Å². The van der Waals surface area contributed by atoms with Crippen molar-refractivity contribution in [3.8, 4) is 5.75 Å². The maximum atomic E-state index is 11.9. The van der Waals surface area contributed by atoms with Crippen LogP contribution in [-0.2, 0) is 0 Å². The zero-order chi connectivity index (χ0) is 13.0. The molecule has 1 fully saturated rings. The maximum absolute atomic E-state index is 11.9. The molecule has 0 aromatic heterocycles. The molecule has 1 aromatic carbocycles. The number of carbonyl (C=O) groups is 1. The number of ether oxygens (including phenoxy) is 1. The minimum Gasteiger partial charge on any atom is -0.496 e. The highest BCUT2D eigenvalue weighted by atomic mass is 16.5. The molecule has 0 aliphatic heterocycles. The molecule has 1 amide bonds. The summed E-state index contributed by atoms with van der Waals surface area (Å²) in [6.45, 7) is 3.45. The predicted molar refractivity (Wildman–Crippen MR) is 71.1 cm³/mol. The Balaban J connectivity index is 1.83. The van der Waals surface area contributed by atoms with Crippen molar-refractivity contribution in [1.29, 1.82) is 0 Å². The van der Waals surface area contributed by atoms with E-state index in [0.717, 1.165) is 17.9 Å². The molecule has 2 rings (SSSR count). The Morgan fingerprint density at radius 1 is 1.39 bits per heavy atom. The summed E-state index contributed by atoms with van der Waals surface area (Å²) in [7, 11) is 1.61. The van der Waals surface area contributed by atoms with Gasteiger partial charge in [-0.2, -0.15) is 0 Å². The monoisotopic (exact) mass is 248 g/mol. The van der Waals surface area contributed by atoms with Crippen molar-refractivity contribution in [3.05, 3.63) is 29.3 Å². The molecule has 0 saturated heterocycles. The van der Waals surface area contributed by atoms with Gasteiger partial charge in [0.05, 0.1) is 7.11 Å². The van der Waals surface area contributed by atoms with Gasteiger partial charge in [0.1, 0.15) is 5.75 Å². The van der Waals surface area contributed by atoms with Crippen molar-refractivity contribution in [2.24, 2.45) is 0 Å². The number of rotatable bonds is 6. The first-order chi connectivity index (χ1) is 8.70. The summed E-state index contributed by atoms with van der Waals surface area (Å²) in [4.78, 5) is 11.9. The standard InChI is InChI=1S/C14H20N2O2/c1-10-3-4-11(9-13(10)18-2)14(17)16-8-7-15-12-5-6-12/h3-4,9,12,15H,5-8H2,1-2H3,(H,16,17). The van der Waals surface area contributed by atoms with Crippen LogP contribution in [-0.4, -0.2) is 32.1 Å². The summed E-state index contributed by atoms with van der Waals surface area (Å²) in [6, 6.07) is 6.18. The summed E-state index contributed by atoms with van der Waals surface area (Å²) in [5, 5.41) is 6.25. The van der Waals surface area contributed by atoms with Crippen molar-refractivity contribution < 1.29 is 9.53 Å². The van der Waals surface area contributed by atoms with E-state index in [2.05, 4.69) is 10.6 Å². The van der Waals surface area contributed by atoms with E-state index in [-0.39, 0.29) is 5.91 Å². The average Bonchev–Trinajstić information content (AvgIpc) is 3.19. The van der Waals surface area contributed by atoms with E-state index in [1.807, 2.05) is 19.1 Å². The van der Waals surface area contributed by atoms with Crippen LogP contribution in [0.3, 0.4) is 0 Å². The van der Waals surface area contributed by atoms with Gasteiger partial charge in [-0.1, -0.05) is 6.07 Å². The van der Waals surface area contributed by atoms with Crippen LogP contribution in [0.5, 0.6) is 5.75 Å². The van der Waals surface area contributed by atoms with Crippen LogP contribution < -0.4 is 15.4 Å². The van der Waals surface area contributed by atoms with E-state index in [1.165, 1.54) is 12.8 Å². The summed E-state index contributed by atoms with van der Waals surface area (Å²) >= 11 is 0. The summed E-state index contributed by atoms with van der Waals surface area (Å²) in [6.07, 6.45) is 2.53. The highest BCUT2D eigenvalue weighted by Gasteiger charge is 2.19. The van der Waals surface area contributed by atoms with Crippen LogP contribution in [0, 0.1) is 6.92 Å². The number of nitrogens with one attached hydrogen (secondary N) is 2. The molecule has 18 heavy (non-hydrogen) atoms. The van der Waals surface area contributed by atoms with E-state index in [0.29, 0.717) is 18.2 Å². The number of hydrogen-bond acceptors (Lipinski definition) is 3. The van der Waals surface area contributed by atoms with Crippen molar-refractivity contribution in [1.82, 2.24) is 10.6 Å². The number of methoxy groups -OCH3 is 1. The van der Waals surface area contributed by atoms with Gasteiger partial charge >= 0.3 is 0 Å². The van der Waals surface area contributed by atoms with Crippen molar-refractivity contribution in [3.63, 3.8) is 0 Å². The molecule has 4 heteroatoms. The SMILES string of the molecule is COc1cc(C(=O)NCCNC2CC2)ccc1C. The van der Waals surface area contributed by atoms with Crippen LogP contribution >= 0.6 is 0 Å². The predicted octanol–water partition coefficient (Wildman–Crippen LogP) is 1.49. The lowest BCUT2D eigenvalue weighted by Gasteiger charge is -2.09. The largest absolute Gasteiger partial charge is 0.496 e. The third-order valence-electron chi connectivity index (χ3n) is 3.09. The molecule has 98 valence electrons. The molecule has 0 bridgehead atoms. The van der Waals surface area contributed by atoms with Crippen LogP contribution in [0.1, 0.15) is 28.8 Å². The van der Waals surface area contributed by atoms with Crippen LogP contribution in [0.25, 0.3) is 0 Å². The van der Waals surface area contributed by atoms with Gasteiger partial charge in [0.25, 0.3) is 5.91 Å². The first-order valence-electron chi connectivity index (χ1n) is 6.37. The molecule has 1 saturated carbocycles. The molecule has 1 aliphatic carbocycles. The number of carbonyl (C=O) groups excluding carboxylic acids is 1. The number of aryl methyl sites for hydroxylation is 1. The van der Waals surface area contributed by atoms with Crippen molar-refractivity contribution in [2.75, 3.05) is 20.2 Å². The smallest absolute Gasteiger partial charge is 0.251 e. The topological polar surface area (TPSA) is 50.4 Å². The van der Waals surface area contributed by atoms with E-state index in [4.69, 9.17) is 4.74 Å². The van der Waals surface area contributed by atoms with Gasteiger partial charge in [0.2, 0.25) is 0 Å². The Kier molecular flexibility index (Phi) is 4.20. The first kappa shape index (κ1) is 12.9. The molecule has 0 heterocycles. The van der Waals surface area contributed by atoms with E-state index >= 15 is 0 Å². The molecule has 1 aromatic rings. The lowest BCUT2D eigenvalue weighted by Crippen LogP contribution is -2.32. The molecule has 0 spiro atoms. The molecule has 0 radical (unpaired) electrons. The lowest BCUT2D eigenvalue weighted by molar-refractivity contribution is 0.0953. The fraction of sp³-hybridized carbons (Fsp3) is 0.500. The first-order valence-corrected chi connectivity index (χ1v) is 6.37. The zero-order valence-corrected chi connectivity index (χ0v) is 11.0. The zero-order valence-electron chi connectivity index (χ0n) is 11.0. The molecular weight excluding hydrogens is 228 g/mol. The second kappa shape index (κ2) is 5.87. The molecule has 0 atom stereocenters. The minimum absolute atomic E-state index is 0.0501. The van der Waals surface area contributed by atoms with Gasteiger partial charge in [-0.25, -0.2) is 0 Å². The summed E-state index contributed by atoms with van der Waals surface area (Å²) in [5.74, 6) is 0.699. The van der Waals surface area contributed by atoms with Gasteiger partial charge in [-0.05, 0) is 37.5 Å². The van der Waals surface area contributed by atoms with Gasteiger partial charge in [0.15, 0.2) is 0 Å². The van der Waals surface area contributed by atoms with E-state index < -0.39 is 0 Å². The third kappa shape index (κ3) is 3.47. The summed E-state index contributed by atoms with van der Waals surface area (Å²) in [5.41, 5.74) is 1.67. The Hall–Kier alpha value is -1.55. The number of amides is 1.